The Balaban J connectivity index is 2.26. The minimum absolute atomic E-state index is 0.388. The monoisotopic (exact) mass is 246 g/mol. The topological polar surface area (TPSA) is 55.0 Å². The summed E-state index contributed by atoms with van der Waals surface area (Å²) in [4.78, 5) is 9.97. The lowest BCUT2D eigenvalue weighted by Gasteiger charge is -2.14. The van der Waals surface area contributed by atoms with Crippen molar-refractivity contribution in [2.75, 3.05) is 19.0 Å². The second-order valence-electron chi connectivity index (χ2n) is 4.26. The Hall–Kier alpha value is -2.01. The molecule has 2 N–H and O–H groups in total. The van der Waals surface area contributed by atoms with Crippen LogP contribution in [-0.4, -0.2) is 24.1 Å². The Morgan fingerprint density at radius 1 is 1.17 bits per heavy atom. The third kappa shape index (κ3) is 2.62. The van der Waals surface area contributed by atoms with Gasteiger partial charge >= 0.3 is 0 Å². The fourth-order valence-corrected chi connectivity index (χ4v) is 1.64. The van der Waals surface area contributed by atoms with E-state index in [1.54, 1.807) is 12.4 Å². The Bertz CT molecular complexity index is 525. The van der Waals surface area contributed by atoms with Gasteiger partial charge in [-0.1, -0.05) is 6.07 Å². The van der Waals surface area contributed by atoms with Gasteiger partial charge in [0, 0.05) is 26.5 Å². The van der Waals surface area contributed by atoms with E-state index in [2.05, 4.69) is 9.97 Å². The summed E-state index contributed by atoms with van der Waals surface area (Å²) in [6, 6.07) is 4.73. The second-order valence-corrected chi connectivity index (χ2v) is 4.26. The van der Waals surface area contributed by atoms with E-state index < -0.39 is 6.04 Å². The summed E-state index contributed by atoms with van der Waals surface area (Å²) in [5.41, 5.74) is 7.51. The van der Waals surface area contributed by atoms with Gasteiger partial charge < -0.3 is 10.6 Å². The fourth-order valence-electron chi connectivity index (χ4n) is 1.64. The predicted molar refractivity (Wildman–Crippen MR) is 68.8 cm³/mol. The lowest BCUT2D eigenvalue weighted by molar-refractivity contribution is 0.616. The van der Waals surface area contributed by atoms with Crippen molar-refractivity contribution in [3.8, 4) is 0 Å². The number of aromatic nitrogens is 2. The summed E-state index contributed by atoms with van der Waals surface area (Å²) < 4.78 is 13.1. The van der Waals surface area contributed by atoms with Crippen LogP contribution in [0.1, 0.15) is 17.2 Å². The molecule has 0 aliphatic rings. The number of nitrogens with two attached hydrogens (primary N) is 1. The molecule has 0 spiro atoms. The van der Waals surface area contributed by atoms with Crippen LogP contribution in [0.25, 0.3) is 0 Å². The normalized spacial score (nSPS) is 12.2. The van der Waals surface area contributed by atoms with Crippen LogP contribution >= 0.6 is 0 Å². The molecule has 2 aromatic heterocycles. The Morgan fingerprint density at radius 3 is 2.50 bits per heavy atom. The van der Waals surface area contributed by atoms with Crippen molar-refractivity contribution in [3.05, 3.63) is 53.7 Å². The molecule has 1 unspecified atom stereocenters. The highest BCUT2D eigenvalue weighted by Crippen LogP contribution is 2.20. The van der Waals surface area contributed by atoms with Gasteiger partial charge in [0.05, 0.1) is 12.2 Å². The first-order valence-electron chi connectivity index (χ1n) is 5.57. The van der Waals surface area contributed by atoms with E-state index in [9.17, 15) is 4.39 Å². The molecule has 0 aromatic carbocycles. The maximum Gasteiger partial charge on any atom is 0.141 e. The molecule has 0 saturated heterocycles. The van der Waals surface area contributed by atoms with Crippen LogP contribution in [0, 0.1) is 5.82 Å². The number of rotatable bonds is 3. The third-order valence-electron chi connectivity index (χ3n) is 2.67. The lowest BCUT2D eigenvalue weighted by Crippen LogP contribution is -2.14. The summed E-state index contributed by atoms with van der Waals surface area (Å²) in [6.45, 7) is 0. The molecule has 5 heteroatoms. The van der Waals surface area contributed by atoms with Crippen LogP contribution in [0.5, 0.6) is 0 Å². The molecule has 0 fully saturated rings. The van der Waals surface area contributed by atoms with Crippen LogP contribution in [0.3, 0.4) is 0 Å². The zero-order chi connectivity index (χ0) is 13.1. The van der Waals surface area contributed by atoms with Gasteiger partial charge in [0.25, 0.3) is 0 Å². The average Bonchev–Trinajstić information content (AvgIpc) is 2.38. The van der Waals surface area contributed by atoms with Crippen molar-refractivity contribution >= 4 is 5.82 Å². The second kappa shape index (κ2) is 5.10. The number of anilines is 1. The zero-order valence-electron chi connectivity index (χ0n) is 10.3. The van der Waals surface area contributed by atoms with Gasteiger partial charge in [-0.05, 0) is 23.3 Å². The largest absolute Gasteiger partial charge is 0.363 e. The molecule has 0 aliphatic heterocycles. The summed E-state index contributed by atoms with van der Waals surface area (Å²) in [5, 5.41) is 0. The summed E-state index contributed by atoms with van der Waals surface area (Å²) in [5.74, 6) is 0.462. The number of hydrogen-bond acceptors (Lipinski definition) is 4. The molecule has 0 bridgehead atoms. The summed E-state index contributed by atoms with van der Waals surface area (Å²) in [7, 11) is 3.83. The first-order chi connectivity index (χ1) is 8.58. The molecule has 2 aromatic rings. The molecule has 0 amide bonds. The van der Waals surface area contributed by atoms with Gasteiger partial charge in [0.2, 0.25) is 0 Å². The van der Waals surface area contributed by atoms with Crippen LogP contribution in [0.15, 0.2) is 36.8 Å². The van der Waals surface area contributed by atoms with Crippen molar-refractivity contribution in [1.29, 1.82) is 0 Å². The Morgan fingerprint density at radius 2 is 1.94 bits per heavy atom. The standard InChI is InChI=1S/C13H15FN4/c1-18(2)12-4-3-9(7-17-12)13(15)10-5-11(14)8-16-6-10/h3-8,13H,15H2,1-2H3. The maximum absolute atomic E-state index is 13.1. The molecule has 2 rings (SSSR count). The van der Waals surface area contributed by atoms with Crippen LogP contribution in [0.2, 0.25) is 0 Å². The molecule has 94 valence electrons. The number of halogens is 1. The molecular weight excluding hydrogens is 231 g/mol. The number of hydrogen-bond donors (Lipinski definition) is 1. The third-order valence-corrected chi connectivity index (χ3v) is 2.67. The molecule has 0 radical (unpaired) electrons. The molecule has 18 heavy (non-hydrogen) atoms. The van der Waals surface area contributed by atoms with Crippen molar-refractivity contribution < 1.29 is 4.39 Å². The van der Waals surface area contributed by atoms with Crippen molar-refractivity contribution in [2.24, 2.45) is 5.73 Å². The van der Waals surface area contributed by atoms with E-state index in [1.165, 1.54) is 6.07 Å². The van der Waals surface area contributed by atoms with Gasteiger partial charge in [-0.3, -0.25) is 4.98 Å². The van der Waals surface area contributed by atoms with Gasteiger partial charge in [-0.15, -0.1) is 0 Å². The van der Waals surface area contributed by atoms with E-state index in [4.69, 9.17) is 5.73 Å². The van der Waals surface area contributed by atoms with Gasteiger partial charge in [-0.25, -0.2) is 9.37 Å². The molecule has 1 atom stereocenters. The molecule has 4 nitrogen and oxygen atoms in total. The number of nitrogens with zero attached hydrogens (tertiary/aromatic N) is 3. The van der Waals surface area contributed by atoms with Crippen molar-refractivity contribution in [1.82, 2.24) is 9.97 Å². The van der Waals surface area contributed by atoms with Crippen LogP contribution < -0.4 is 10.6 Å². The van der Waals surface area contributed by atoms with Gasteiger partial charge in [0.15, 0.2) is 0 Å². The van der Waals surface area contributed by atoms with Gasteiger partial charge in [0.1, 0.15) is 11.6 Å². The minimum Gasteiger partial charge on any atom is -0.363 e. The molecular formula is C13H15FN4. The SMILES string of the molecule is CN(C)c1ccc(C(N)c2cncc(F)c2)cn1. The first kappa shape index (κ1) is 12.4. The van der Waals surface area contributed by atoms with E-state index in [0.29, 0.717) is 5.56 Å². The number of pyridine rings is 2. The Labute approximate surface area is 105 Å². The summed E-state index contributed by atoms with van der Waals surface area (Å²) >= 11 is 0. The zero-order valence-corrected chi connectivity index (χ0v) is 10.3. The minimum atomic E-state index is -0.420. The van der Waals surface area contributed by atoms with E-state index in [1.807, 2.05) is 31.1 Å². The fraction of sp³-hybridized carbons (Fsp3) is 0.231. The maximum atomic E-state index is 13.1. The van der Waals surface area contributed by atoms with E-state index in [0.717, 1.165) is 17.6 Å². The smallest absolute Gasteiger partial charge is 0.141 e. The quantitative estimate of drug-likeness (QED) is 0.896. The highest BCUT2D eigenvalue weighted by Gasteiger charge is 2.11. The highest BCUT2D eigenvalue weighted by atomic mass is 19.1. The van der Waals surface area contributed by atoms with Crippen LogP contribution in [0.4, 0.5) is 10.2 Å². The Kier molecular flexibility index (Phi) is 3.53. The average molecular weight is 246 g/mol. The molecule has 0 aliphatic carbocycles. The van der Waals surface area contributed by atoms with Crippen LogP contribution in [-0.2, 0) is 0 Å². The molecule has 0 saturated carbocycles. The van der Waals surface area contributed by atoms with Gasteiger partial charge in [-0.2, -0.15) is 0 Å². The van der Waals surface area contributed by atoms with Crippen molar-refractivity contribution in [2.45, 2.75) is 6.04 Å². The highest BCUT2D eigenvalue weighted by molar-refractivity contribution is 5.39. The first-order valence-corrected chi connectivity index (χ1v) is 5.57. The van der Waals surface area contributed by atoms with E-state index >= 15 is 0 Å². The van der Waals surface area contributed by atoms with E-state index in [-0.39, 0.29) is 5.82 Å². The van der Waals surface area contributed by atoms with Crippen molar-refractivity contribution in [3.63, 3.8) is 0 Å². The molecule has 2 heterocycles. The lowest BCUT2D eigenvalue weighted by atomic mass is 10.0. The summed E-state index contributed by atoms with van der Waals surface area (Å²) in [6.07, 6.45) is 4.42. The predicted octanol–water partition coefficient (Wildman–Crippen LogP) is 1.73.